The molecule has 2 N–H and O–H groups in total. The van der Waals surface area contributed by atoms with Crippen molar-refractivity contribution in [2.75, 3.05) is 19.6 Å². The molecule has 1 spiro atoms. The Bertz CT molecular complexity index is 1460. The third kappa shape index (κ3) is 3.89. The van der Waals surface area contributed by atoms with Gasteiger partial charge in [0.15, 0.2) is 0 Å². The molecule has 6 aliphatic rings. The van der Waals surface area contributed by atoms with Gasteiger partial charge >= 0.3 is 0 Å². The molecule has 2 heterocycles. The second-order valence-electron chi connectivity index (χ2n) is 12.4. The normalized spacial score (nSPS) is 26.8. The Labute approximate surface area is 222 Å². The van der Waals surface area contributed by atoms with Crippen LogP contribution >= 0.6 is 0 Å². The number of nitrogens with zero attached hydrogens (tertiary/aromatic N) is 3. The number of likely N-dealkylation sites (tertiary alicyclic amines) is 1. The summed E-state index contributed by atoms with van der Waals surface area (Å²) in [5.41, 5.74) is 7.74. The highest BCUT2D eigenvalue weighted by Gasteiger charge is 2.58. The molecule has 0 bridgehead atoms. The van der Waals surface area contributed by atoms with E-state index in [4.69, 9.17) is 10.7 Å². The van der Waals surface area contributed by atoms with Gasteiger partial charge in [0.1, 0.15) is 17.2 Å². The molecule has 1 aromatic carbocycles. The monoisotopic (exact) mass is 514 g/mol. The van der Waals surface area contributed by atoms with Crippen molar-refractivity contribution in [3.05, 3.63) is 57.2 Å². The van der Waals surface area contributed by atoms with Crippen LogP contribution in [0.1, 0.15) is 57.4 Å². The van der Waals surface area contributed by atoms with Crippen LogP contribution in [0, 0.1) is 17.3 Å². The van der Waals surface area contributed by atoms with Crippen molar-refractivity contribution in [3.63, 3.8) is 0 Å². The predicted molar refractivity (Wildman–Crippen MR) is 145 cm³/mol. The number of benzene rings is 1. The number of carbonyl (C=O) groups is 2. The first-order valence-corrected chi connectivity index (χ1v) is 14.1. The number of allylic oxidation sites excluding steroid dienone is 3. The Morgan fingerprint density at radius 3 is 2.63 bits per heavy atom. The molecule has 7 rings (SSSR count). The summed E-state index contributed by atoms with van der Waals surface area (Å²) >= 11 is 0. The first-order valence-electron chi connectivity index (χ1n) is 14.1. The van der Waals surface area contributed by atoms with Crippen LogP contribution in [-0.2, 0) is 16.1 Å². The molecule has 1 aromatic rings. The van der Waals surface area contributed by atoms with Gasteiger partial charge in [0.05, 0.1) is 0 Å². The van der Waals surface area contributed by atoms with Gasteiger partial charge in [-0.3, -0.25) is 19.5 Å². The maximum atomic E-state index is 15.7. The Hall–Kier alpha value is -3.06. The second-order valence-corrected chi connectivity index (χ2v) is 12.4. The average molecular weight is 515 g/mol. The lowest BCUT2D eigenvalue weighted by atomic mass is 9.83. The van der Waals surface area contributed by atoms with Gasteiger partial charge in [-0.2, -0.15) is 0 Å². The smallest absolute Gasteiger partial charge is 0.256 e. The fraction of sp³-hybridized carbons (Fsp3) is 0.516. The van der Waals surface area contributed by atoms with E-state index < -0.39 is 5.54 Å². The van der Waals surface area contributed by atoms with Crippen molar-refractivity contribution in [1.29, 1.82) is 0 Å². The Kier molecular flexibility index (Phi) is 5.35. The van der Waals surface area contributed by atoms with Crippen LogP contribution < -0.4 is 16.2 Å². The fourth-order valence-corrected chi connectivity index (χ4v) is 6.49. The maximum Gasteiger partial charge on any atom is 0.256 e. The van der Waals surface area contributed by atoms with Gasteiger partial charge in [0.25, 0.3) is 5.91 Å². The third-order valence-corrected chi connectivity index (χ3v) is 9.51. The van der Waals surface area contributed by atoms with Gasteiger partial charge in [0.2, 0.25) is 5.91 Å². The van der Waals surface area contributed by atoms with Crippen LogP contribution in [0.25, 0.3) is 12.2 Å². The summed E-state index contributed by atoms with van der Waals surface area (Å²) in [6.07, 6.45) is 11.7. The van der Waals surface area contributed by atoms with Crippen molar-refractivity contribution < 1.29 is 14.0 Å². The van der Waals surface area contributed by atoms with Crippen molar-refractivity contribution in [1.82, 2.24) is 9.80 Å². The van der Waals surface area contributed by atoms with Gasteiger partial charge in [-0.05, 0) is 67.0 Å². The van der Waals surface area contributed by atoms with Gasteiger partial charge < -0.3 is 10.6 Å². The molecule has 2 saturated carbocycles. The largest absolute Gasteiger partial charge is 0.341 e. The highest BCUT2D eigenvalue weighted by Crippen LogP contribution is 2.49. The number of fused-ring (bicyclic) bond motifs is 1. The first-order chi connectivity index (χ1) is 18.3. The molecule has 4 aliphatic carbocycles. The van der Waals surface area contributed by atoms with E-state index >= 15 is 4.39 Å². The number of rotatable bonds is 6. The van der Waals surface area contributed by atoms with Crippen LogP contribution in [0.4, 0.5) is 4.39 Å². The first kappa shape index (κ1) is 24.0. The predicted octanol–water partition coefficient (Wildman–Crippen LogP) is 2.70. The molecular weight excluding hydrogens is 479 g/mol. The Morgan fingerprint density at radius 2 is 1.95 bits per heavy atom. The zero-order valence-electron chi connectivity index (χ0n) is 22.0. The standard InChI is InChI=1S/C31H35FN4O2/c1-30(8-9-30)28(37)35-16-20(17-35)18-36-27(34-31(10-11-31)29(36)38)25-7-6-24(14-26(25)32)23-5-4-21-12-19(15-33)2-3-22(21)13-23/h2-4,12-14,20,23H,5-11,15-18,33H2,1H3. The minimum absolute atomic E-state index is 0.0187. The van der Waals surface area contributed by atoms with Gasteiger partial charge in [0, 0.05) is 49.0 Å². The summed E-state index contributed by atoms with van der Waals surface area (Å²) < 4.78 is 15.7. The molecule has 0 aromatic heterocycles. The zero-order chi connectivity index (χ0) is 26.2. The molecule has 7 heteroatoms. The SMILES string of the molecule is CC1(C(=O)N2CC(CN3C(=O)C4(CC4)N=C3C3=C(F)C=C(C4C=c5ccc(CN)cc5=CC4)CC3)C2)CC1. The van der Waals surface area contributed by atoms with Crippen LogP contribution in [0.2, 0.25) is 0 Å². The summed E-state index contributed by atoms with van der Waals surface area (Å²) in [5, 5.41) is 2.37. The van der Waals surface area contributed by atoms with Crippen molar-refractivity contribution >= 4 is 29.8 Å². The van der Waals surface area contributed by atoms with Crippen LogP contribution in [-0.4, -0.2) is 52.6 Å². The van der Waals surface area contributed by atoms with E-state index in [1.165, 1.54) is 10.4 Å². The Morgan fingerprint density at radius 1 is 1.16 bits per heavy atom. The highest BCUT2D eigenvalue weighted by molar-refractivity contribution is 6.16. The van der Waals surface area contributed by atoms with Gasteiger partial charge in [-0.25, -0.2) is 4.39 Å². The maximum absolute atomic E-state index is 15.7. The summed E-state index contributed by atoms with van der Waals surface area (Å²) in [6, 6.07) is 6.30. The number of hydrogen-bond acceptors (Lipinski definition) is 4. The fourth-order valence-electron chi connectivity index (χ4n) is 6.49. The molecule has 1 atom stereocenters. The van der Waals surface area contributed by atoms with Crippen molar-refractivity contribution in [2.45, 2.75) is 64.0 Å². The molecule has 3 fully saturated rings. The molecule has 2 aliphatic heterocycles. The number of amidine groups is 1. The second kappa shape index (κ2) is 8.47. The topological polar surface area (TPSA) is 79.0 Å². The quantitative estimate of drug-likeness (QED) is 0.634. The number of aliphatic imine (C=N–C) groups is 1. The number of nitrogens with two attached hydrogens (primary N) is 1. The van der Waals surface area contributed by atoms with Crippen LogP contribution in [0.15, 0.2) is 46.2 Å². The highest BCUT2D eigenvalue weighted by atomic mass is 19.1. The zero-order valence-corrected chi connectivity index (χ0v) is 22.0. The van der Waals surface area contributed by atoms with Crippen LogP contribution in [0.3, 0.4) is 0 Å². The lowest BCUT2D eigenvalue weighted by molar-refractivity contribution is -0.143. The van der Waals surface area contributed by atoms with E-state index in [9.17, 15) is 9.59 Å². The number of amides is 2. The van der Waals surface area contributed by atoms with Crippen molar-refractivity contribution in [2.24, 2.45) is 28.0 Å². The van der Waals surface area contributed by atoms with E-state index in [2.05, 4.69) is 30.4 Å². The van der Waals surface area contributed by atoms with E-state index in [0.29, 0.717) is 44.0 Å². The molecular formula is C31H35FN4O2. The van der Waals surface area contributed by atoms with Gasteiger partial charge in [-0.15, -0.1) is 0 Å². The molecule has 6 nitrogen and oxygen atoms in total. The minimum atomic E-state index is -0.661. The number of hydrogen-bond donors (Lipinski definition) is 1. The molecule has 0 radical (unpaired) electrons. The average Bonchev–Trinajstić information content (AvgIpc) is 3.82. The van der Waals surface area contributed by atoms with E-state index in [1.54, 1.807) is 11.0 Å². The molecule has 38 heavy (non-hydrogen) atoms. The lowest BCUT2D eigenvalue weighted by Crippen LogP contribution is -2.56. The summed E-state index contributed by atoms with van der Waals surface area (Å²) in [6.45, 7) is 4.42. The molecule has 1 unspecified atom stereocenters. The Balaban J connectivity index is 1.10. The van der Waals surface area contributed by atoms with E-state index in [1.807, 2.05) is 11.8 Å². The number of halogens is 1. The summed E-state index contributed by atoms with van der Waals surface area (Å²) in [4.78, 5) is 34.5. The van der Waals surface area contributed by atoms with E-state index in [-0.39, 0.29) is 34.9 Å². The minimum Gasteiger partial charge on any atom is -0.341 e. The van der Waals surface area contributed by atoms with Gasteiger partial charge in [-0.1, -0.05) is 42.8 Å². The van der Waals surface area contributed by atoms with Crippen LogP contribution in [0.5, 0.6) is 0 Å². The molecule has 2 amide bonds. The van der Waals surface area contributed by atoms with E-state index in [0.717, 1.165) is 49.7 Å². The number of carbonyl (C=O) groups excluding carboxylic acids is 2. The summed E-state index contributed by atoms with van der Waals surface area (Å²) in [7, 11) is 0. The summed E-state index contributed by atoms with van der Waals surface area (Å²) in [5.74, 6) is 0.929. The van der Waals surface area contributed by atoms with Crippen molar-refractivity contribution in [3.8, 4) is 0 Å². The third-order valence-electron chi connectivity index (χ3n) is 9.51. The molecule has 198 valence electrons. The lowest BCUT2D eigenvalue weighted by Gasteiger charge is -2.42. The molecule has 1 saturated heterocycles.